The van der Waals surface area contributed by atoms with Gasteiger partial charge in [0, 0.05) is 0 Å². The van der Waals surface area contributed by atoms with Gasteiger partial charge in [0.25, 0.3) is 0 Å². The van der Waals surface area contributed by atoms with Crippen molar-refractivity contribution in [2.75, 3.05) is 0 Å². The molecule has 0 radical (unpaired) electrons. The molecule has 15 heavy (non-hydrogen) atoms. The van der Waals surface area contributed by atoms with Crippen LogP contribution >= 0.6 is 0 Å². The summed E-state index contributed by atoms with van der Waals surface area (Å²) < 4.78 is 1.65. The predicted octanol–water partition coefficient (Wildman–Crippen LogP) is 0.849. The monoisotopic (exact) mass is 212 g/mol. The van der Waals surface area contributed by atoms with Crippen LogP contribution in [0, 0.1) is 0 Å². The van der Waals surface area contributed by atoms with Gasteiger partial charge in [-0.05, 0) is 19.8 Å². The Labute approximate surface area is 90.3 Å². The van der Waals surface area contributed by atoms with Gasteiger partial charge in [-0.3, -0.25) is 0 Å². The summed E-state index contributed by atoms with van der Waals surface area (Å²) >= 11 is 0. The van der Waals surface area contributed by atoms with Gasteiger partial charge in [-0.1, -0.05) is 19.1 Å². The maximum absolute atomic E-state index is 9.86. The molecule has 0 fully saturated rings. The fourth-order valence-electron chi connectivity index (χ4n) is 1.23. The number of hydrogen-bond acceptors (Lipinski definition) is 4. The average Bonchev–Trinajstić information content (AvgIpc) is 2.64. The largest absolute Gasteiger partial charge is 0.388 e. The maximum atomic E-state index is 9.86. The summed E-state index contributed by atoms with van der Waals surface area (Å²) in [6.07, 6.45) is 3.32. The number of hydrogen-bond donors (Lipinski definition) is 2. The summed E-state index contributed by atoms with van der Waals surface area (Å²) in [5.41, 5.74) is 5.87. The maximum Gasteiger partial charge on any atom is 0.0994 e. The number of nitrogens with zero attached hydrogens (tertiary/aromatic N) is 3. The van der Waals surface area contributed by atoms with E-state index < -0.39 is 5.60 Å². The highest BCUT2D eigenvalue weighted by atomic mass is 16.3. The summed E-state index contributed by atoms with van der Waals surface area (Å²) in [6.45, 7) is 6.18. The van der Waals surface area contributed by atoms with Gasteiger partial charge >= 0.3 is 0 Å². The van der Waals surface area contributed by atoms with Crippen LogP contribution in [-0.2, 0) is 6.54 Å². The zero-order valence-electron chi connectivity index (χ0n) is 9.64. The molecule has 5 heteroatoms. The highest BCUT2D eigenvalue weighted by Crippen LogP contribution is 2.13. The van der Waals surface area contributed by atoms with E-state index in [2.05, 4.69) is 10.3 Å². The van der Waals surface area contributed by atoms with Crippen LogP contribution in [0.25, 0.3) is 0 Å². The molecule has 0 aromatic carbocycles. The Balaban J connectivity index is 2.68. The molecule has 2 atom stereocenters. The Bertz CT molecular complexity index is 308. The minimum Gasteiger partial charge on any atom is -0.388 e. The fourth-order valence-corrected chi connectivity index (χ4v) is 1.23. The second-order valence-corrected chi connectivity index (χ2v) is 4.21. The van der Waals surface area contributed by atoms with Crippen molar-refractivity contribution in [3.8, 4) is 0 Å². The normalized spacial score (nSPS) is 17.4. The molecule has 3 N–H and O–H groups in total. The minimum absolute atomic E-state index is 0.0645. The third kappa shape index (κ3) is 3.28. The van der Waals surface area contributed by atoms with Crippen LogP contribution in [0.15, 0.2) is 6.20 Å². The molecule has 0 saturated carbocycles. The molecule has 0 spiro atoms. The average molecular weight is 212 g/mol. The van der Waals surface area contributed by atoms with E-state index in [0.29, 0.717) is 13.0 Å². The van der Waals surface area contributed by atoms with Gasteiger partial charge in [-0.25, -0.2) is 4.68 Å². The first-order valence-electron chi connectivity index (χ1n) is 5.36. The molecule has 0 saturated heterocycles. The lowest BCUT2D eigenvalue weighted by atomic mass is 10.0. The van der Waals surface area contributed by atoms with Gasteiger partial charge in [-0.2, -0.15) is 0 Å². The van der Waals surface area contributed by atoms with Crippen molar-refractivity contribution in [2.24, 2.45) is 5.73 Å². The summed E-state index contributed by atoms with van der Waals surface area (Å²) in [5, 5.41) is 17.8. The molecule has 5 nitrogen and oxygen atoms in total. The lowest BCUT2D eigenvalue weighted by Gasteiger charge is -2.20. The zero-order chi connectivity index (χ0) is 11.5. The summed E-state index contributed by atoms with van der Waals surface area (Å²) in [5.74, 6) is 0. The highest BCUT2D eigenvalue weighted by molar-refractivity contribution is 4.99. The summed E-state index contributed by atoms with van der Waals surface area (Å²) in [7, 11) is 0. The molecule has 0 aliphatic heterocycles. The Hall–Kier alpha value is -0.940. The van der Waals surface area contributed by atoms with Crippen LogP contribution in [0.3, 0.4) is 0 Å². The first-order valence-corrected chi connectivity index (χ1v) is 5.36. The molecular weight excluding hydrogens is 192 g/mol. The third-order valence-electron chi connectivity index (χ3n) is 2.64. The quantitative estimate of drug-likeness (QED) is 0.758. The van der Waals surface area contributed by atoms with E-state index in [4.69, 9.17) is 5.73 Å². The lowest BCUT2D eigenvalue weighted by Crippen LogP contribution is -2.29. The molecule has 86 valence electrons. The number of rotatable bonds is 5. The van der Waals surface area contributed by atoms with E-state index in [1.807, 2.05) is 13.8 Å². The van der Waals surface area contributed by atoms with Crippen molar-refractivity contribution < 1.29 is 5.11 Å². The van der Waals surface area contributed by atoms with E-state index in [9.17, 15) is 5.11 Å². The molecule has 1 rings (SSSR count). The zero-order valence-corrected chi connectivity index (χ0v) is 9.64. The van der Waals surface area contributed by atoms with Gasteiger partial charge in [0.1, 0.15) is 0 Å². The van der Waals surface area contributed by atoms with Crippen molar-refractivity contribution in [3.63, 3.8) is 0 Å². The SMILES string of the molecule is CCC(N)c1cn(CC(C)(O)CC)nn1. The number of nitrogens with two attached hydrogens (primary N) is 1. The van der Waals surface area contributed by atoms with Crippen molar-refractivity contribution in [1.82, 2.24) is 15.0 Å². The predicted molar refractivity (Wildman–Crippen MR) is 58.2 cm³/mol. The first-order chi connectivity index (χ1) is 6.98. The van der Waals surface area contributed by atoms with Crippen LogP contribution in [-0.4, -0.2) is 25.7 Å². The lowest BCUT2D eigenvalue weighted by molar-refractivity contribution is 0.0339. The second-order valence-electron chi connectivity index (χ2n) is 4.21. The van der Waals surface area contributed by atoms with Crippen molar-refractivity contribution in [1.29, 1.82) is 0 Å². The molecule has 1 aromatic heterocycles. The fraction of sp³-hybridized carbons (Fsp3) is 0.800. The van der Waals surface area contributed by atoms with Gasteiger partial charge in [0.05, 0.1) is 30.1 Å². The van der Waals surface area contributed by atoms with Gasteiger partial charge in [-0.15, -0.1) is 5.10 Å². The van der Waals surface area contributed by atoms with Crippen molar-refractivity contribution >= 4 is 0 Å². The number of aliphatic hydroxyl groups is 1. The molecule has 0 aliphatic carbocycles. The summed E-state index contributed by atoms with van der Waals surface area (Å²) in [6, 6.07) is -0.0645. The standard InChI is InChI=1S/C10H20N4O/c1-4-8(11)9-6-14(13-12-9)7-10(3,15)5-2/h6,8,15H,4-5,7,11H2,1-3H3. The van der Waals surface area contributed by atoms with Gasteiger partial charge in [0.2, 0.25) is 0 Å². The van der Waals surface area contributed by atoms with Crippen molar-refractivity contribution in [2.45, 2.75) is 51.8 Å². The third-order valence-corrected chi connectivity index (χ3v) is 2.64. The molecule has 2 unspecified atom stereocenters. The number of aromatic nitrogens is 3. The molecule has 1 heterocycles. The van der Waals surface area contributed by atoms with Crippen LogP contribution in [0.5, 0.6) is 0 Å². The van der Waals surface area contributed by atoms with Crippen LogP contribution in [0.4, 0.5) is 0 Å². The first kappa shape index (κ1) is 12.1. The van der Waals surface area contributed by atoms with Gasteiger partial charge < -0.3 is 10.8 Å². The Kier molecular flexibility index (Phi) is 3.82. The second kappa shape index (κ2) is 4.72. The van der Waals surface area contributed by atoms with Crippen molar-refractivity contribution in [3.05, 3.63) is 11.9 Å². The molecule has 1 aromatic rings. The van der Waals surface area contributed by atoms with Crippen LogP contribution < -0.4 is 5.73 Å². The summed E-state index contributed by atoms with van der Waals surface area (Å²) in [4.78, 5) is 0. The molecular formula is C10H20N4O. The Morgan fingerprint density at radius 2 is 2.27 bits per heavy atom. The highest BCUT2D eigenvalue weighted by Gasteiger charge is 2.19. The van der Waals surface area contributed by atoms with E-state index in [0.717, 1.165) is 12.1 Å². The molecule has 0 amide bonds. The van der Waals surface area contributed by atoms with E-state index in [-0.39, 0.29) is 6.04 Å². The molecule has 0 aliphatic rings. The van der Waals surface area contributed by atoms with Gasteiger partial charge in [0.15, 0.2) is 0 Å². The smallest absolute Gasteiger partial charge is 0.0994 e. The van der Waals surface area contributed by atoms with E-state index in [1.165, 1.54) is 0 Å². The van der Waals surface area contributed by atoms with E-state index in [1.54, 1.807) is 17.8 Å². The van der Waals surface area contributed by atoms with Crippen LogP contribution in [0.2, 0.25) is 0 Å². The Morgan fingerprint density at radius 3 is 2.80 bits per heavy atom. The topological polar surface area (TPSA) is 77.0 Å². The molecule has 0 bridgehead atoms. The minimum atomic E-state index is -0.735. The Morgan fingerprint density at radius 1 is 1.60 bits per heavy atom. The van der Waals surface area contributed by atoms with Crippen LogP contribution in [0.1, 0.15) is 45.3 Å². The van der Waals surface area contributed by atoms with E-state index >= 15 is 0 Å².